The third-order valence-electron chi connectivity index (χ3n) is 3.57. The van der Waals surface area contributed by atoms with Crippen LogP contribution in [0.1, 0.15) is 22.3 Å². The number of ether oxygens (including phenoxy) is 2. The zero-order valence-electron chi connectivity index (χ0n) is 12.5. The Labute approximate surface area is 133 Å². The van der Waals surface area contributed by atoms with Gasteiger partial charge < -0.3 is 14.8 Å². The molecule has 0 aliphatic carbocycles. The topological polar surface area (TPSA) is 60.5 Å². The second-order valence-corrected chi connectivity index (χ2v) is 5.26. The maximum absolute atomic E-state index is 13.5. The number of pyridine rings is 1. The quantitative estimate of drug-likeness (QED) is 0.919. The first kappa shape index (κ1) is 15.4. The summed E-state index contributed by atoms with van der Waals surface area (Å²) in [6.07, 6.45) is 2.30. The van der Waals surface area contributed by atoms with Crippen molar-refractivity contribution < 1.29 is 18.7 Å². The van der Waals surface area contributed by atoms with E-state index in [0.29, 0.717) is 30.2 Å². The van der Waals surface area contributed by atoms with Gasteiger partial charge in [-0.3, -0.25) is 4.79 Å². The number of rotatable bonds is 5. The van der Waals surface area contributed by atoms with Crippen LogP contribution in [0, 0.1) is 5.82 Å². The summed E-state index contributed by atoms with van der Waals surface area (Å²) in [7, 11) is 0. The third-order valence-corrected chi connectivity index (χ3v) is 3.57. The minimum atomic E-state index is -0.339. The molecule has 0 bridgehead atoms. The minimum Gasteiger partial charge on any atom is -0.472 e. The van der Waals surface area contributed by atoms with Gasteiger partial charge in [-0.15, -0.1) is 0 Å². The largest absolute Gasteiger partial charge is 0.472 e. The predicted molar refractivity (Wildman–Crippen MR) is 81.7 cm³/mol. The number of halogens is 1. The van der Waals surface area contributed by atoms with Gasteiger partial charge in [0.15, 0.2) is 0 Å². The summed E-state index contributed by atoms with van der Waals surface area (Å²) in [5, 5.41) is 2.67. The number of carbonyl (C=O) groups excluding carboxylic acids is 1. The van der Waals surface area contributed by atoms with Crippen LogP contribution in [0.15, 0.2) is 42.6 Å². The van der Waals surface area contributed by atoms with E-state index in [9.17, 15) is 9.18 Å². The Kier molecular flexibility index (Phi) is 4.83. The molecule has 1 atom stereocenters. The highest BCUT2D eigenvalue weighted by molar-refractivity contribution is 5.93. The molecule has 0 saturated carbocycles. The number of carbonyl (C=O) groups is 1. The average Bonchev–Trinajstić information content (AvgIpc) is 3.07. The van der Waals surface area contributed by atoms with Gasteiger partial charge in [0.05, 0.1) is 18.8 Å². The SMILES string of the molecule is O=C(NCc1ccccc1F)c1ccc(OC2CCOC2)nc1. The van der Waals surface area contributed by atoms with Gasteiger partial charge in [0.1, 0.15) is 11.9 Å². The lowest BCUT2D eigenvalue weighted by molar-refractivity contribution is 0.0950. The van der Waals surface area contributed by atoms with E-state index in [2.05, 4.69) is 10.3 Å². The summed E-state index contributed by atoms with van der Waals surface area (Å²) in [6, 6.07) is 9.62. The van der Waals surface area contributed by atoms with E-state index < -0.39 is 0 Å². The van der Waals surface area contributed by atoms with E-state index in [-0.39, 0.29) is 24.4 Å². The van der Waals surface area contributed by atoms with Gasteiger partial charge in [-0.25, -0.2) is 9.37 Å². The normalized spacial score (nSPS) is 17.0. The molecule has 2 aromatic rings. The first-order valence-corrected chi connectivity index (χ1v) is 7.44. The van der Waals surface area contributed by atoms with Crippen LogP contribution in [0.4, 0.5) is 4.39 Å². The molecule has 120 valence electrons. The Morgan fingerprint density at radius 2 is 2.22 bits per heavy atom. The number of amides is 1. The first-order valence-electron chi connectivity index (χ1n) is 7.44. The second kappa shape index (κ2) is 7.19. The Hall–Kier alpha value is -2.47. The van der Waals surface area contributed by atoms with E-state index in [4.69, 9.17) is 9.47 Å². The van der Waals surface area contributed by atoms with Crippen molar-refractivity contribution in [2.75, 3.05) is 13.2 Å². The highest BCUT2D eigenvalue weighted by atomic mass is 19.1. The number of hydrogen-bond donors (Lipinski definition) is 1. The highest BCUT2D eigenvalue weighted by Crippen LogP contribution is 2.15. The van der Waals surface area contributed by atoms with Gasteiger partial charge in [-0.2, -0.15) is 0 Å². The van der Waals surface area contributed by atoms with Crippen molar-refractivity contribution in [3.63, 3.8) is 0 Å². The summed E-state index contributed by atoms with van der Waals surface area (Å²) in [5.74, 6) is -0.184. The fourth-order valence-electron chi connectivity index (χ4n) is 2.28. The Balaban J connectivity index is 1.56. The van der Waals surface area contributed by atoms with Crippen LogP contribution in [0.5, 0.6) is 5.88 Å². The summed E-state index contributed by atoms with van der Waals surface area (Å²) in [4.78, 5) is 16.2. The zero-order chi connectivity index (χ0) is 16.1. The predicted octanol–water partition coefficient (Wildman–Crippen LogP) is 2.32. The number of nitrogens with zero attached hydrogens (tertiary/aromatic N) is 1. The second-order valence-electron chi connectivity index (χ2n) is 5.26. The molecule has 0 spiro atoms. The molecule has 5 nitrogen and oxygen atoms in total. The standard InChI is InChI=1S/C17H17FN2O3/c18-15-4-2-1-3-12(15)9-20-17(21)13-5-6-16(19-10-13)23-14-7-8-22-11-14/h1-6,10,14H,7-9,11H2,(H,20,21). The number of nitrogens with one attached hydrogen (secondary N) is 1. The van der Waals surface area contributed by atoms with Gasteiger partial charge in [0, 0.05) is 30.8 Å². The Bertz CT molecular complexity index is 670. The molecular formula is C17H17FN2O3. The van der Waals surface area contributed by atoms with Gasteiger partial charge in [-0.05, 0) is 12.1 Å². The van der Waals surface area contributed by atoms with Gasteiger partial charge in [0.2, 0.25) is 5.88 Å². The Morgan fingerprint density at radius 3 is 2.91 bits per heavy atom. The molecule has 1 N–H and O–H groups in total. The summed E-state index contributed by atoms with van der Waals surface area (Å²) >= 11 is 0. The monoisotopic (exact) mass is 316 g/mol. The molecule has 0 radical (unpaired) electrons. The van der Waals surface area contributed by atoms with Crippen molar-refractivity contribution in [1.82, 2.24) is 10.3 Å². The smallest absolute Gasteiger partial charge is 0.253 e. The number of hydrogen-bond acceptors (Lipinski definition) is 4. The highest BCUT2D eigenvalue weighted by Gasteiger charge is 2.17. The molecule has 1 fully saturated rings. The van der Waals surface area contributed by atoms with Crippen molar-refractivity contribution in [2.45, 2.75) is 19.1 Å². The minimum absolute atomic E-state index is 0.0169. The molecule has 3 rings (SSSR count). The molecule has 1 aromatic carbocycles. The van der Waals surface area contributed by atoms with Crippen LogP contribution in [0.3, 0.4) is 0 Å². The van der Waals surface area contributed by atoms with Gasteiger partial charge >= 0.3 is 0 Å². The molecule has 6 heteroatoms. The van der Waals surface area contributed by atoms with Crippen molar-refractivity contribution in [3.8, 4) is 5.88 Å². The van der Waals surface area contributed by atoms with E-state index in [1.807, 2.05) is 0 Å². The van der Waals surface area contributed by atoms with E-state index >= 15 is 0 Å². The summed E-state index contributed by atoms with van der Waals surface area (Å²) in [5.41, 5.74) is 0.839. The zero-order valence-corrected chi connectivity index (χ0v) is 12.5. The van der Waals surface area contributed by atoms with Crippen molar-refractivity contribution in [1.29, 1.82) is 0 Å². The molecule has 1 amide bonds. The van der Waals surface area contributed by atoms with E-state index in [0.717, 1.165) is 6.42 Å². The van der Waals surface area contributed by atoms with Crippen LogP contribution in [0.25, 0.3) is 0 Å². The van der Waals surface area contributed by atoms with Crippen molar-refractivity contribution >= 4 is 5.91 Å². The van der Waals surface area contributed by atoms with Crippen molar-refractivity contribution in [3.05, 3.63) is 59.5 Å². The van der Waals surface area contributed by atoms with Gasteiger partial charge in [-0.1, -0.05) is 18.2 Å². The van der Waals surface area contributed by atoms with Crippen LogP contribution < -0.4 is 10.1 Å². The van der Waals surface area contributed by atoms with Crippen LogP contribution in [0.2, 0.25) is 0 Å². The average molecular weight is 316 g/mol. The van der Waals surface area contributed by atoms with E-state index in [1.54, 1.807) is 30.3 Å². The van der Waals surface area contributed by atoms with Gasteiger partial charge in [0.25, 0.3) is 5.91 Å². The maximum atomic E-state index is 13.5. The first-order chi connectivity index (χ1) is 11.2. The lowest BCUT2D eigenvalue weighted by Gasteiger charge is -2.11. The molecule has 1 saturated heterocycles. The molecule has 1 unspecified atom stereocenters. The molecule has 2 heterocycles. The lowest BCUT2D eigenvalue weighted by atomic mass is 10.2. The van der Waals surface area contributed by atoms with Crippen LogP contribution >= 0.6 is 0 Å². The maximum Gasteiger partial charge on any atom is 0.253 e. The number of aromatic nitrogens is 1. The molecule has 23 heavy (non-hydrogen) atoms. The molecule has 1 aliphatic rings. The molecule has 1 aliphatic heterocycles. The summed E-state index contributed by atoms with van der Waals surface area (Å²) < 4.78 is 24.4. The molecule has 1 aromatic heterocycles. The molecular weight excluding hydrogens is 299 g/mol. The van der Waals surface area contributed by atoms with Crippen LogP contribution in [-0.2, 0) is 11.3 Å². The third kappa shape index (κ3) is 4.04. The van der Waals surface area contributed by atoms with E-state index in [1.165, 1.54) is 12.3 Å². The van der Waals surface area contributed by atoms with Crippen LogP contribution in [-0.4, -0.2) is 30.2 Å². The summed E-state index contributed by atoms with van der Waals surface area (Å²) in [6.45, 7) is 1.39. The fourth-order valence-corrected chi connectivity index (χ4v) is 2.28. The fraction of sp³-hybridized carbons (Fsp3) is 0.294. The number of benzene rings is 1. The lowest BCUT2D eigenvalue weighted by Crippen LogP contribution is -2.23. The Morgan fingerprint density at radius 1 is 1.35 bits per heavy atom. The van der Waals surface area contributed by atoms with Crippen molar-refractivity contribution in [2.24, 2.45) is 0 Å².